The van der Waals surface area contributed by atoms with E-state index in [0.29, 0.717) is 6.08 Å². The monoisotopic (exact) mass is 513 g/mol. The highest BCUT2D eigenvalue weighted by Crippen LogP contribution is 2.38. The lowest BCUT2D eigenvalue weighted by Gasteiger charge is -2.31. The van der Waals surface area contributed by atoms with E-state index < -0.39 is 52.1 Å². The van der Waals surface area contributed by atoms with Crippen LogP contribution in [0.5, 0.6) is 11.5 Å². The quantitative estimate of drug-likeness (QED) is 0.463. The van der Waals surface area contributed by atoms with E-state index in [1.165, 1.54) is 24.3 Å². The van der Waals surface area contributed by atoms with Crippen molar-refractivity contribution in [2.24, 2.45) is 0 Å². The Balaban J connectivity index is 1.96. The van der Waals surface area contributed by atoms with Crippen LogP contribution >= 0.6 is 11.6 Å². The first-order valence-electron chi connectivity index (χ1n) is 9.38. The van der Waals surface area contributed by atoms with Crippen molar-refractivity contribution in [2.45, 2.75) is 17.4 Å². The molecule has 0 radical (unpaired) electrons. The highest BCUT2D eigenvalue weighted by molar-refractivity contribution is 7.91. The first kappa shape index (κ1) is 23.3. The molecule has 1 heterocycles. The Hall–Kier alpha value is -2.86. The van der Waals surface area contributed by atoms with Crippen LogP contribution in [-0.4, -0.2) is 29.5 Å². The van der Waals surface area contributed by atoms with Gasteiger partial charge in [0.25, 0.3) is 0 Å². The maximum absolute atomic E-state index is 13.8. The number of ether oxygens (including phenoxy) is 2. The van der Waals surface area contributed by atoms with Crippen molar-refractivity contribution in [1.29, 1.82) is 4.78 Å². The zero-order chi connectivity index (χ0) is 25.5. The van der Waals surface area contributed by atoms with E-state index in [1.54, 1.807) is 0 Å². The number of nitrogens with zero attached hydrogens (tertiary/aromatic N) is 1. The standard InChI is InChI=1S/C20H15ClF6N2O3S/c1-33(28,30)15-4-2-3-12(9-15)29-8-7-13(11-18(29)19(22,23)24)31-17-6-5-14(10-16(17)21)32-20(25,26)27/h2-7,9-11,28H,8H2,1H3/i7D. The number of rotatable bonds is 5. The SMILES string of the molecule is [2H]C1=C(Oc2ccc(OC(F)(F)F)cc2Cl)C=C(C(F)(F)F)N(c2cccc(S(C)(=N)=O)c2)C1. The summed E-state index contributed by atoms with van der Waals surface area (Å²) in [6, 6.07) is 7.37. The molecule has 0 aliphatic carbocycles. The zero-order valence-electron chi connectivity index (χ0n) is 17.6. The van der Waals surface area contributed by atoms with Crippen LogP contribution < -0.4 is 14.4 Å². The smallest absolute Gasteiger partial charge is 0.456 e. The van der Waals surface area contributed by atoms with Crippen molar-refractivity contribution in [2.75, 3.05) is 17.7 Å². The molecule has 2 aromatic carbocycles. The van der Waals surface area contributed by atoms with Gasteiger partial charge in [-0.3, -0.25) is 0 Å². The lowest BCUT2D eigenvalue weighted by atomic mass is 10.1. The summed E-state index contributed by atoms with van der Waals surface area (Å²) in [4.78, 5) is 0.767. The van der Waals surface area contributed by atoms with Gasteiger partial charge in [0.2, 0.25) is 0 Å². The van der Waals surface area contributed by atoms with E-state index in [1.807, 2.05) is 0 Å². The van der Waals surface area contributed by atoms with Crippen molar-refractivity contribution in [3.63, 3.8) is 0 Å². The van der Waals surface area contributed by atoms with Gasteiger partial charge in [0.1, 0.15) is 23.0 Å². The summed E-state index contributed by atoms with van der Waals surface area (Å²) in [6.45, 7) is -0.597. The molecular formula is C20H15ClF6N2O3S. The Morgan fingerprint density at radius 1 is 1.15 bits per heavy atom. The summed E-state index contributed by atoms with van der Waals surface area (Å²) >= 11 is 5.88. The summed E-state index contributed by atoms with van der Waals surface area (Å²) in [5.41, 5.74) is -1.25. The lowest BCUT2D eigenvalue weighted by Crippen LogP contribution is -2.34. The average Bonchev–Trinajstić information content (AvgIpc) is 2.68. The zero-order valence-corrected chi connectivity index (χ0v) is 18.1. The van der Waals surface area contributed by atoms with Crippen LogP contribution in [-0.2, 0) is 9.73 Å². The van der Waals surface area contributed by atoms with Gasteiger partial charge in [0.05, 0.1) is 16.1 Å². The number of hydrogen-bond donors (Lipinski definition) is 1. The van der Waals surface area contributed by atoms with Gasteiger partial charge in [0, 0.05) is 35.5 Å². The Morgan fingerprint density at radius 2 is 1.85 bits per heavy atom. The van der Waals surface area contributed by atoms with Crippen LogP contribution in [0.1, 0.15) is 1.37 Å². The minimum absolute atomic E-state index is 0.0111. The van der Waals surface area contributed by atoms with E-state index in [4.69, 9.17) is 22.5 Å². The van der Waals surface area contributed by atoms with Crippen LogP contribution in [0, 0.1) is 4.78 Å². The molecule has 0 aromatic heterocycles. The van der Waals surface area contributed by atoms with Crippen molar-refractivity contribution in [3.05, 3.63) is 71.1 Å². The molecule has 5 nitrogen and oxygen atoms in total. The Bertz CT molecular complexity index is 1280. The molecule has 1 aliphatic rings. The Labute approximate surface area is 191 Å². The number of hydrogen-bond acceptors (Lipinski definition) is 5. The van der Waals surface area contributed by atoms with Crippen molar-refractivity contribution in [1.82, 2.24) is 0 Å². The lowest BCUT2D eigenvalue weighted by molar-refractivity contribution is -0.274. The van der Waals surface area contributed by atoms with Gasteiger partial charge in [-0.15, -0.1) is 13.2 Å². The van der Waals surface area contributed by atoms with E-state index in [2.05, 4.69) is 4.74 Å². The summed E-state index contributed by atoms with van der Waals surface area (Å²) in [5.74, 6) is -1.47. The molecule has 33 heavy (non-hydrogen) atoms. The second-order valence-electron chi connectivity index (χ2n) is 6.74. The molecule has 13 heteroatoms. The number of nitrogens with one attached hydrogen (secondary N) is 1. The third kappa shape index (κ3) is 6.35. The van der Waals surface area contributed by atoms with Gasteiger partial charge in [-0.1, -0.05) is 17.7 Å². The van der Waals surface area contributed by atoms with E-state index in [9.17, 15) is 30.6 Å². The van der Waals surface area contributed by atoms with E-state index in [-0.39, 0.29) is 21.4 Å². The summed E-state index contributed by atoms with van der Waals surface area (Å²) in [6.07, 6.45) is -8.19. The Morgan fingerprint density at radius 3 is 2.42 bits per heavy atom. The van der Waals surface area contributed by atoms with Gasteiger partial charge >= 0.3 is 12.5 Å². The minimum Gasteiger partial charge on any atom is -0.456 e. The van der Waals surface area contributed by atoms with E-state index in [0.717, 1.165) is 29.4 Å². The number of benzene rings is 2. The van der Waals surface area contributed by atoms with Crippen LogP contribution in [0.2, 0.25) is 5.02 Å². The number of halogens is 7. The topological polar surface area (TPSA) is 62.6 Å². The van der Waals surface area contributed by atoms with Crippen LogP contribution in [0.4, 0.5) is 32.0 Å². The van der Waals surface area contributed by atoms with Gasteiger partial charge < -0.3 is 14.4 Å². The first-order chi connectivity index (χ1) is 15.5. The molecule has 1 N–H and O–H groups in total. The number of allylic oxidation sites excluding steroid dienone is 2. The molecule has 3 rings (SSSR count). The average molecular weight is 514 g/mol. The first-order valence-corrected chi connectivity index (χ1v) is 11.2. The highest BCUT2D eigenvalue weighted by atomic mass is 35.5. The predicted octanol–water partition coefficient (Wildman–Crippen LogP) is 6.50. The van der Waals surface area contributed by atoms with Gasteiger partial charge in [-0.2, -0.15) is 13.2 Å². The molecule has 0 saturated heterocycles. The van der Waals surface area contributed by atoms with Crippen LogP contribution in [0.25, 0.3) is 0 Å². The molecule has 1 aliphatic heterocycles. The number of alkyl halides is 6. The summed E-state index contributed by atoms with van der Waals surface area (Å²) in [5, 5.41) is -0.382. The molecule has 0 bridgehead atoms. The van der Waals surface area contributed by atoms with Crippen molar-refractivity contribution in [3.8, 4) is 11.5 Å². The third-order valence-corrected chi connectivity index (χ3v) is 5.65. The fraction of sp³-hybridized carbons (Fsp3) is 0.200. The maximum atomic E-state index is 13.8. The van der Waals surface area contributed by atoms with Crippen molar-refractivity contribution < 1.29 is 41.4 Å². The molecule has 0 fully saturated rings. The Kier molecular flexibility index (Phi) is 6.23. The molecule has 0 saturated carbocycles. The molecule has 2 aromatic rings. The molecule has 0 spiro atoms. The summed E-state index contributed by atoms with van der Waals surface area (Å²) in [7, 11) is -3.21. The third-order valence-electron chi connectivity index (χ3n) is 4.20. The molecule has 1 unspecified atom stereocenters. The van der Waals surface area contributed by atoms with E-state index >= 15 is 0 Å². The maximum Gasteiger partial charge on any atom is 0.573 e. The van der Waals surface area contributed by atoms with Gasteiger partial charge in [-0.05, 0) is 36.4 Å². The fourth-order valence-corrected chi connectivity index (χ4v) is 3.69. The molecule has 0 amide bonds. The second-order valence-corrected chi connectivity index (χ2v) is 9.30. The predicted molar refractivity (Wildman–Crippen MR) is 110 cm³/mol. The molecular weight excluding hydrogens is 498 g/mol. The second kappa shape index (κ2) is 8.82. The van der Waals surface area contributed by atoms with Crippen LogP contribution in [0.15, 0.2) is 70.9 Å². The summed E-state index contributed by atoms with van der Waals surface area (Å²) < 4.78 is 115. The fourth-order valence-electron chi connectivity index (χ4n) is 2.80. The molecule has 1 atom stereocenters. The van der Waals surface area contributed by atoms with Gasteiger partial charge in [-0.25, -0.2) is 8.99 Å². The minimum atomic E-state index is -4.97. The van der Waals surface area contributed by atoms with Gasteiger partial charge in [0.15, 0.2) is 0 Å². The number of anilines is 1. The van der Waals surface area contributed by atoms with Crippen molar-refractivity contribution >= 4 is 27.0 Å². The molecule has 178 valence electrons. The van der Waals surface area contributed by atoms with Crippen LogP contribution in [0.3, 0.4) is 0 Å². The largest absolute Gasteiger partial charge is 0.573 e. The normalized spacial score (nSPS) is 17.3. The highest BCUT2D eigenvalue weighted by Gasteiger charge is 2.40.